The highest BCUT2D eigenvalue weighted by molar-refractivity contribution is 5.87. The van der Waals surface area contributed by atoms with Crippen LogP contribution in [-0.2, 0) is 4.79 Å². The molecule has 0 amide bonds. The molecule has 2 aromatic heterocycles. The number of nitrogens with zero attached hydrogens (tertiary/aromatic N) is 2. The molecular weight excluding hydrogens is 403 g/mol. The topological polar surface area (TPSA) is 46.3 Å². The van der Waals surface area contributed by atoms with Crippen molar-refractivity contribution < 1.29 is 13.6 Å². The van der Waals surface area contributed by atoms with Gasteiger partial charge in [0.1, 0.15) is 17.2 Å². The summed E-state index contributed by atoms with van der Waals surface area (Å²) < 4.78 is 19.6. The number of hydrogen-bond acceptors (Lipinski definition) is 4. The summed E-state index contributed by atoms with van der Waals surface area (Å²) in [4.78, 5) is 20.3. The van der Waals surface area contributed by atoms with Gasteiger partial charge in [-0.2, -0.15) is 0 Å². The van der Waals surface area contributed by atoms with Gasteiger partial charge in [0.2, 0.25) is 0 Å². The number of benzene rings is 1. The van der Waals surface area contributed by atoms with E-state index in [1.54, 1.807) is 24.6 Å². The van der Waals surface area contributed by atoms with E-state index in [2.05, 4.69) is 9.88 Å². The van der Waals surface area contributed by atoms with Crippen LogP contribution in [0.5, 0.6) is 0 Å². The lowest BCUT2D eigenvalue weighted by atomic mass is 9.85. The van der Waals surface area contributed by atoms with Crippen molar-refractivity contribution in [2.24, 2.45) is 5.92 Å². The van der Waals surface area contributed by atoms with Crippen molar-refractivity contribution in [2.75, 3.05) is 19.6 Å². The third kappa shape index (κ3) is 4.36. The molecule has 1 aliphatic carbocycles. The van der Waals surface area contributed by atoms with Crippen LogP contribution in [0.2, 0.25) is 0 Å². The highest BCUT2D eigenvalue weighted by atomic mass is 19.1. The molecule has 0 spiro atoms. The van der Waals surface area contributed by atoms with Gasteiger partial charge in [0.25, 0.3) is 0 Å². The van der Waals surface area contributed by atoms with Crippen LogP contribution in [0.25, 0.3) is 11.0 Å². The number of rotatable bonds is 7. The Morgan fingerprint density at radius 3 is 2.66 bits per heavy atom. The van der Waals surface area contributed by atoms with Crippen LogP contribution < -0.4 is 0 Å². The summed E-state index contributed by atoms with van der Waals surface area (Å²) in [6.07, 6.45) is 10.7. The Balaban J connectivity index is 1.22. The van der Waals surface area contributed by atoms with Gasteiger partial charge >= 0.3 is 0 Å². The Morgan fingerprint density at radius 2 is 1.91 bits per heavy atom. The monoisotopic (exact) mass is 434 g/mol. The Hall–Kier alpha value is -2.53. The first kappa shape index (κ1) is 21.3. The molecule has 1 aliphatic heterocycles. The summed E-state index contributed by atoms with van der Waals surface area (Å²) in [6, 6.07) is 11.1. The smallest absolute Gasteiger partial charge is 0.145 e. The van der Waals surface area contributed by atoms with Crippen molar-refractivity contribution in [3.8, 4) is 0 Å². The SMILES string of the molecule is O=C(C1CCCC1)C(CCN1CCC(c2ccc(F)c3ccoc23)CC1)c1ccccn1. The molecule has 0 N–H and O–H groups in total. The van der Waals surface area contributed by atoms with E-state index in [4.69, 9.17) is 4.42 Å². The molecule has 168 valence electrons. The lowest BCUT2D eigenvalue weighted by Crippen LogP contribution is -2.35. The van der Waals surface area contributed by atoms with Crippen LogP contribution in [0, 0.1) is 11.7 Å². The molecule has 32 heavy (non-hydrogen) atoms. The number of pyridine rings is 1. The molecule has 5 heteroatoms. The van der Waals surface area contributed by atoms with Gasteiger partial charge in [0, 0.05) is 12.1 Å². The zero-order chi connectivity index (χ0) is 21.9. The highest BCUT2D eigenvalue weighted by Gasteiger charge is 2.32. The number of carbonyl (C=O) groups excluding carboxylic acids is 1. The first-order valence-electron chi connectivity index (χ1n) is 12.0. The van der Waals surface area contributed by atoms with E-state index in [1.807, 2.05) is 24.3 Å². The zero-order valence-corrected chi connectivity index (χ0v) is 18.5. The van der Waals surface area contributed by atoms with Crippen molar-refractivity contribution in [1.82, 2.24) is 9.88 Å². The predicted octanol–water partition coefficient (Wildman–Crippen LogP) is 6.08. The van der Waals surface area contributed by atoms with E-state index in [9.17, 15) is 9.18 Å². The van der Waals surface area contributed by atoms with Gasteiger partial charge in [0.15, 0.2) is 0 Å². The summed E-state index contributed by atoms with van der Waals surface area (Å²) in [5, 5.41) is 0.577. The minimum Gasteiger partial charge on any atom is -0.464 e. The molecule has 1 saturated carbocycles. The molecule has 5 rings (SSSR count). The van der Waals surface area contributed by atoms with Gasteiger partial charge in [-0.15, -0.1) is 0 Å². The molecule has 2 fully saturated rings. The van der Waals surface area contributed by atoms with E-state index >= 15 is 0 Å². The minimum atomic E-state index is -0.220. The second-order valence-corrected chi connectivity index (χ2v) is 9.40. The molecule has 3 heterocycles. The first-order chi connectivity index (χ1) is 15.7. The fraction of sp³-hybridized carbons (Fsp3) is 0.481. The fourth-order valence-electron chi connectivity index (χ4n) is 5.66. The number of Topliss-reactive ketones (excluding diaryl/α,β-unsaturated/α-hetero) is 1. The quantitative estimate of drug-likeness (QED) is 0.452. The van der Waals surface area contributed by atoms with Gasteiger partial charge in [-0.1, -0.05) is 25.0 Å². The highest BCUT2D eigenvalue weighted by Crippen LogP contribution is 2.36. The van der Waals surface area contributed by atoms with Gasteiger partial charge in [-0.25, -0.2) is 4.39 Å². The number of fused-ring (bicyclic) bond motifs is 1. The van der Waals surface area contributed by atoms with Gasteiger partial charge in [-0.3, -0.25) is 9.78 Å². The summed E-state index contributed by atoms with van der Waals surface area (Å²) in [7, 11) is 0. The van der Waals surface area contributed by atoms with E-state index in [-0.39, 0.29) is 17.7 Å². The summed E-state index contributed by atoms with van der Waals surface area (Å²) in [6.45, 7) is 2.87. The number of likely N-dealkylation sites (tertiary alicyclic amines) is 1. The Bertz CT molecular complexity index is 1050. The van der Waals surface area contributed by atoms with Crippen molar-refractivity contribution in [3.05, 3.63) is 65.9 Å². The summed E-state index contributed by atoms with van der Waals surface area (Å²) in [5.74, 6) is 0.663. The largest absolute Gasteiger partial charge is 0.464 e. The zero-order valence-electron chi connectivity index (χ0n) is 18.5. The summed E-state index contributed by atoms with van der Waals surface area (Å²) in [5.41, 5.74) is 2.74. The van der Waals surface area contributed by atoms with Crippen molar-refractivity contribution in [2.45, 2.75) is 56.8 Å². The molecular formula is C27H31FN2O2. The van der Waals surface area contributed by atoms with Crippen molar-refractivity contribution >= 4 is 16.8 Å². The number of aromatic nitrogens is 1. The van der Waals surface area contributed by atoms with Gasteiger partial charge in [0.05, 0.1) is 23.3 Å². The number of halogens is 1. The van der Waals surface area contributed by atoms with Crippen LogP contribution in [0.1, 0.15) is 68.0 Å². The van der Waals surface area contributed by atoms with E-state index < -0.39 is 0 Å². The van der Waals surface area contributed by atoms with Crippen molar-refractivity contribution in [3.63, 3.8) is 0 Å². The molecule has 0 radical (unpaired) electrons. The maximum Gasteiger partial charge on any atom is 0.145 e. The van der Waals surface area contributed by atoms with E-state index in [0.717, 1.165) is 63.0 Å². The molecule has 0 bridgehead atoms. The molecule has 1 atom stereocenters. The molecule has 1 aromatic carbocycles. The van der Waals surface area contributed by atoms with Crippen LogP contribution >= 0.6 is 0 Å². The van der Waals surface area contributed by atoms with E-state index in [1.165, 1.54) is 12.8 Å². The average molecular weight is 435 g/mol. The standard InChI is InChI=1S/C27H31FN2O2/c28-24-9-8-21(27-22(24)13-18-32-27)19-10-15-30(16-11-19)17-12-23(25-7-3-4-14-29-25)26(31)20-5-1-2-6-20/h3-4,7-9,13-14,18-20,23H,1-2,5-6,10-12,15-17H2. The maximum atomic E-state index is 14.0. The van der Waals surface area contributed by atoms with Crippen LogP contribution in [0.15, 0.2) is 53.3 Å². The second-order valence-electron chi connectivity index (χ2n) is 9.40. The first-order valence-corrected chi connectivity index (χ1v) is 12.0. The normalized spacial score (nSPS) is 19.5. The predicted molar refractivity (Wildman–Crippen MR) is 123 cm³/mol. The Morgan fingerprint density at radius 1 is 1.09 bits per heavy atom. The molecule has 2 aliphatic rings. The second kappa shape index (κ2) is 9.53. The lowest BCUT2D eigenvalue weighted by Gasteiger charge is -2.33. The third-order valence-electron chi connectivity index (χ3n) is 7.50. The number of carbonyl (C=O) groups is 1. The lowest BCUT2D eigenvalue weighted by molar-refractivity contribution is -0.124. The maximum absolute atomic E-state index is 14.0. The summed E-state index contributed by atoms with van der Waals surface area (Å²) >= 11 is 0. The van der Waals surface area contributed by atoms with Gasteiger partial charge < -0.3 is 9.32 Å². The molecule has 1 saturated heterocycles. The molecule has 1 unspecified atom stereocenters. The molecule has 3 aromatic rings. The fourth-order valence-corrected chi connectivity index (χ4v) is 5.66. The third-order valence-corrected chi connectivity index (χ3v) is 7.50. The number of hydrogen-bond donors (Lipinski definition) is 0. The average Bonchev–Trinajstić information content (AvgIpc) is 3.54. The van der Waals surface area contributed by atoms with Crippen LogP contribution in [0.3, 0.4) is 0 Å². The van der Waals surface area contributed by atoms with E-state index in [0.29, 0.717) is 22.7 Å². The van der Waals surface area contributed by atoms with Crippen LogP contribution in [-0.4, -0.2) is 35.3 Å². The Kier molecular flexibility index (Phi) is 6.35. The number of ketones is 1. The van der Waals surface area contributed by atoms with Crippen molar-refractivity contribution in [1.29, 1.82) is 0 Å². The Labute approximate surface area is 188 Å². The number of furan rings is 1. The number of piperidine rings is 1. The van der Waals surface area contributed by atoms with Gasteiger partial charge in [-0.05, 0) is 87.5 Å². The van der Waals surface area contributed by atoms with Crippen LogP contribution in [0.4, 0.5) is 4.39 Å². The minimum absolute atomic E-state index is 0.100. The molecule has 4 nitrogen and oxygen atoms in total.